The molecule has 2 aliphatic rings. The number of aliphatic hydroxyl groups excluding tert-OH is 1. The average Bonchev–Trinajstić information content (AvgIpc) is 3.64. The zero-order valence-corrected chi connectivity index (χ0v) is 26.3. The van der Waals surface area contributed by atoms with Crippen molar-refractivity contribution in [2.75, 3.05) is 6.54 Å². The van der Waals surface area contributed by atoms with E-state index in [1.54, 1.807) is 16.2 Å². The van der Waals surface area contributed by atoms with Crippen LogP contribution in [0.1, 0.15) is 69.0 Å². The predicted molar refractivity (Wildman–Crippen MR) is 169 cm³/mol. The fraction of sp³-hybridized carbons (Fsp3) is 0.441. The molecule has 0 saturated carbocycles. The van der Waals surface area contributed by atoms with Crippen LogP contribution in [0.2, 0.25) is 0 Å². The van der Waals surface area contributed by atoms with E-state index in [0.29, 0.717) is 13.1 Å². The number of likely N-dealkylation sites (tertiary alicyclic amines) is 1. The van der Waals surface area contributed by atoms with Crippen LogP contribution in [0.15, 0.2) is 54.6 Å². The van der Waals surface area contributed by atoms with Gasteiger partial charge < -0.3 is 20.2 Å². The van der Waals surface area contributed by atoms with Crippen LogP contribution in [0.5, 0.6) is 0 Å². The maximum atomic E-state index is 14.1. The molecule has 1 fully saturated rings. The smallest absolute Gasteiger partial charge is 0.246 e. The lowest BCUT2D eigenvalue weighted by molar-refractivity contribution is -0.143. The highest BCUT2D eigenvalue weighted by molar-refractivity contribution is 7.13. The number of carbonyl (C=O) groups is 2. The van der Waals surface area contributed by atoms with Crippen molar-refractivity contribution in [3.05, 3.63) is 82.5 Å². The Kier molecular flexibility index (Phi) is 8.32. The molecular formula is C34H42N4O3S. The maximum absolute atomic E-state index is 14.1. The maximum Gasteiger partial charge on any atom is 0.246 e. The first-order valence-corrected chi connectivity index (χ1v) is 15.6. The van der Waals surface area contributed by atoms with E-state index in [-0.39, 0.29) is 36.1 Å². The number of nitrogens with one attached hydrogen (secondary N) is 1. The van der Waals surface area contributed by atoms with E-state index in [1.165, 1.54) is 0 Å². The highest BCUT2D eigenvalue weighted by atomic mass is 32.1. The highest BCUT2D eigenvalue weighted by Crippen LogP contribution is 2.37. The van der Waals surface area contributed by atoms with Crippen LogP contribution in [-0.2, 0) is 28.1 Å². The Labute approximate surface area is 253 Å². The molecule has 222 valence electrons. The molecule has 7 nitrogen and oxygen atoms in total. The number of nitrogens with zero attached hydrogens (tertiary/aromatic N) is 3. The molecular weight excluding hydrogens is 544 g/mol. The van der Waals surface area contributed by atoms with Gasteiger partial charge in [0.1, 0.15) is 12.1 Å². The van der Waals surface area contributed by atoms with Crippen molar-refractivity contribution in [1.29, 1.82) is 0 Å². The monoisotopic (exact) mass is 586 g/mol. The number of thiazole rings is 1. The zero-order valence-electron chi connectivity index (χ0n) is 25.5. The molecule has 1 aromatic heterocycles. The molecule has 2 N–H and O–H groups in total. The number of amides is 2. The fourth-order valence-electron chi connectivity index (χ4n) is 6.34. The quantitative estimate of drug-likeness (QED) is 0.382. The van der Waals surface area contributed by atoms with Gasteiger partial charge in [-0.3, -0.25) is 9.59 Å². The van der Waals surface area contributed by atoms with Gasteiger partial charge in [-0.05, 0) is 46.6 Å². The third kappa shape index (κ3) is 5.75. The minimum atomic E-state index is -0.747. The first-order valence-electron chi connectivity index (χ1n) is 14.7. The number of β-amino-alcohol motifs (C(OH)–C–C–N with tert-alkyl or cyclic N) is 1. The van der Waals surface area contributed by atoms with Gasteiger partial charge in [-0.15, -0.1) is 11.3 Å². The molecule has 2 amide bonds. The molecule has 2 aromatic carbocycles. The van der Waals surface area contributed by atoms with E-state index in [4.69, 9.17) is 0 Å². The van der Waals surface area contributed by atoms with Gasteiger partial charge in [0, 0.05) is 37.3 Å². The van der Waals surface area contributed by atoms with Gasteiger partial charge in [0.2, 0.25) is 11.8 Å². The minimum absolute atomic E-state index is 0.0138. The Morgan fingerprint density at radius 2 is 1.93 bits per heavy atom. The van der Waals surface area contributed by atoms with Gasteiger partial charge in [0.25, 0.3) is 0 Å². The first-order chi connectivity index (χ1) is 19.9. The largest absolute Gasteiger partial charge is 0.391 e. The van der Waals surface area contributed by atoms with E-state index in [9.17, 15) is 14.7 Å². The van der Waals surface area contributed by atoms with E-state index in [2.05, 4.69) is 66.8 Å². The molecule has 0 aliphatic carbocycles. The van der Waals surface area contributed by atoms with E-state index < -0.39 is 18.2 Å². The van der Waals surface area contributed by atoms with E-state index >= 15 is 0 Å². The lowest BCUT2D eigenvalue weighted by atomic mass is 9.82. The van der Waals surface area contributed by atoms with Crippen LogP contribution < -0.4 is 5.32 Å². The number of aryl methyl sites for hydroxylation is 1. The van der Waals surface area contributed by atoms with Crippen molar-refractivity contribution >= 4 is 28.8 Å². The third-order valence-electron chi connectivity index (χ3n) is 8.48. The van der Waals surface area contributed by atoms with Crippen molar-refractivity contribution < 1.29 is 14.7 Å². The number of benzene rings is 2. The first kappa shape index (κ1) is 30.0. The number of aliphatic hydroxyl groups is 1. The fourth-order valence-corrected chi connectivity index (χ4v) is 7.15. The summed E-state index contributed by atoms with van der Waals surface area (Å²) in [7, 11) is 0. The van der Waals surface area contributed by atoms with E-state index in [1.807, 2.05) is 44.5 Å². The average molecular weight is 587 g/mol. The van der Waals surface area contributed by atoms with Crippen molar-refractivity contribution in [2.24, 2.45) is 5.92 Å². The van der Waals surface area contributed by atoms with Crippen LogP contribution in [-0.4, -0.2) is 56.4 Å². The second-order valence-electron chi connectivity index (χ2n) is 12.9. The number of carbonyl (C=O) groups excluding carboxylic acids is 2. The molecule has 1 saturated heterocycles. The second-order valence-corrected chi connectivity index (χ2v) is 13.8. The molecule has 3 atom stereocenters. The molecule has 3 aromatic rings. The predicted octanol–water partition coefficient (Wildman–Crippen LogP) is 5.51. The molecule has 0 bridgehead atoms. The molecule has 8 heteroatoms. The van der Waals surface area contributed by atoms with E-state index in [0.717, 1.165) is 44.1 Å². The van der Waals surface area contributed by atoms with Gasteiger partial charge >= 0.3 is 0 Å². The van der Waals surface area contributed by atoms with Crippen LogP contribution in [0.3, 0.4) is 0 Å². The summed E-state index contributed by atoms with van der Waals surface area (Å²) in [4.78, 5) is 36.9. The molecule has 2 aliphatic heterocycles. The standard InChI is InChI=1S/C34H42N4O3S/c1-20(2)30(37-17-25-10-8-9-11-27(25)22(37)4)33(41)38-18-26(39)15-29(38)32(40)35-16-24-13-12-23(14-28(24)34(5,6)7)31-21(3)36-19-42-31/h8-14,19-20,26,29-30,39H,4,15-18H2,1-3,5-7H3,(H,35,40)/t26-,29?,30+/m1/s1. The minimum Gasteiger partial charge on any atom is -0.391 e. The van der Waals surface area contributed by atoms with Gasteiger partial charge in [0.15, 0.2) is 0 Å². The van der Waals surface area contributed by atoms with Crippen molar-refractivity contribution in [2.45, 2.75) is 84.7 Å². The summed E-state index contributed by atoms with van der Waals surface area (Å²) in [6.07, 6.45) is -0.525. The van der Waals surface area contributed by atoms with Gasteiger partial charge in [-0.25, -0.2) is 4.98 Å². The summed E-state index contributed by atoms with van der Waals surface area (Å²) in [6, 6.07) is 13.2. The van der Waals surface area contributed by atoms with Crippen LogP contribution in [0, 0.1) is 12.8 Å². The SMILES string of the molecule is C=C1c2ccccc2CN1[C@H](C(=O)N1C[C@H](O)CC1C(=O)NCc1ccc(-c2scnc2C)cc1C(C)(C)C)C(C)C. The highest BCUT2D eigenvalue weighted by Gasteiger charge is 2.44. The summed E-state index contributed by atoms with van der Waals surface area (Å²) < 4.78 is 0. The van der Waals surface area contributed by atoms with Gasteiger partial charge in [-0.1, -0.05) is 77.6 Å². The normalized spacial score (nSPS) is 19.4. The second kappa shape index (κ2) is 11.7. The number of hydrogen-bond acceptors (Lipinski definition) is 6. The van der Waals surface area contributed by atoms with Crippen LogP contribution >= 0.6 is 11.3 Å². The Morgan fingerprint density at radius 1 is 1.19 bits per heavy atom. The summed E-state index contributed by atoms with van der Waals surface area (Å²) in [5.41, 5.74) is 9.05. The Hall–Kier alpha value is -3.49. The topological polar surface area (TPSA) is 85.8 Å². The lowest BCUT2D eigenvalue weighted by Gasteiger charge is -2.36. The molecule has 42 heavy (non-hydrogen) atoms. The number of hydrogen-bond donors (Lipinski definition) is 2. The van der Waals surface area contributed by atoms with Crippen LogP contribution in [0.4, 0.5) is 0 Å². The number of rotatable bonds is 7. The third-order valence-corrected chi connectivity index (χ3v) is 9.46. The molecule has 0 spiro atoms. The Bertz CT molecular complexity index is 1500. The number of aromatic nitrogens is 1. The van der Waals surface area contributed by atoms with Gasteiger partial charge in [0.05, 0.1) is 22.2 Å². The summed E-state index contributed by atoms with van der Waals surface area (Å²) >= 11 is 1.62. The zero-order chi connectivity index (χ0) is 30.3. The summed E-state index contributed by atoms with van der Waals surface area (Å²) in [5, 5.41) is 13.7. The lowest BCUT2D eigenvalue weighted by Crippen LogP contribution is -2.54. The van der Waals surface area contributed by atoms with Crippen molar-refractivity contribution in [3.63, 3.8) is 0 Å². The summed E-state index contributed by atoms with van der Waals surface area (Å²) in [5.74, 6) is -0.399. The molecule has 1 unspecified atom stereocenters. The molecule has 3 heterocycles. The van der Waals surface area contributed by atoms with Gasteiger partial charge in [-0.2, -0.15) is 0 Å². The Balaban J connectivity index is 1.34. The molecule has 0 radical (unpaired) electrons. The van der Waals surface area contributed by atoms with Crippen molar-refractivity contribution in [3.8, 4) is 10.4 Å². The Morgan fingerprint density at radius 3 is 2.57 bits per heavy atom. The van der Waals surface area contributed by atoms with Crippen molar-refractivity contribution in [1.82, 2.24) is 20.1 Å². The number of fused-ring (bicyclic) bond motifs is 1. The van der Waals surface area contributed by atoms with Crippen LogP contribution in [0.25, 0.3) is 16.1 Å². The summed E-state index contributed by atoms with van der Waals surface area (Å²) in [6.45, 7) is 17.9. The molecule has 5 rings (SSSR count).